The van der Waals surface area contributed by atoms with Gasteiger partial charge in [-0.25, -0.2) is 0 Å². The van der Waals surface area contributed by atoms with E-state index in [0.717, 1.165) is 36.7 Å². The molecule has 1 aromatic rings. The smallest absolute Gasteiger partial charge is 0.222 e. The molecular weight excluding hydrogens is 351 g/mol. The summed E-state index contributed by atoms with van der Waals surface area (Å²) in [5.74, 6) is 2.47. The number of benzene rings is 1. The van der Waals surface area contributed by atoms with Crippen molar-refractivity contribution in [2.75, 3.05) is 18.8 Å². The maximum absolute atomic E-state index is 12.3. The highest BCUT2D eigenvalue weighted by atomic mass is 35.5. The van der Waals surface area contributed by atoms with Gasteiger partial charge in [0.15, 0.2) is 0 Å². The summed E-state index contributed by atoms with van der Waals surface area (Å²) in [5.41, 5.74) is 6.13. The van der Waals surface area contributed by atoms with Crippen LogP contribution in [0.15, 0.2) is 29.2 Å². The maximum Gasteiger partial charge on any atom is 0.222 e. The van der Waals surface area contributed by atoms with Gasteiger partial charge < -0.3 is 10.6 Å². The number of halogens is 2. The first-order valence-electron chi connectivity index (χ1n) is 8.05. The van der Waals surface area contributed by atoms with Gasteiger partial charge in [-0.1, -0.05) is 11.6 Å². The van der Waals surface area contributed by atoms with Crippen molar-refractivity contribution < 1.29 is 4.79 Å². The molecule has 1 saturated carbocycles. The third-order valence-corrected chi connectivity index (χ3v) is 6.23. The van der Waals surface area contributed by atoms with Gasteiger partial charge in [-0.15, -0.1) is 24.2 Å². The van der Waals surface area contributed by atoms with E-state index >= 15 is 0 Å². The molecule has 3 atom stereocenters. The fraction of sp³-hybridized carbons (Fsp3) is 0.588. The lowest BCUT2D eigenvalue weighted by molar-refractivity contribution is -0.130. The molecule has 0 aromatic heterocycles. The van der Waals surface area contributed by atoms with Gasteiger partial charge >= 0.3 is 0 Å². The molecule has 23 heavy (non-hydrogen) atoms. The van der Waals surface area contributed by atoms with Crippen LogP contribution in [-0.2, 0) is 4.79 Å². The van der Waals surface area contributed by atoms with Crippen LogP contribution in [-0.4, -0.2) is 35.7 Å². The quantitative estimate of drug-likeness (QED) is 0.629. The average molecular weight is 375 g/mol. The number of carbonyl (C=O) groups excluding carboxylic acids is 1. The Morgan fingerprint density at radius 1 is 1.26 bits per heavy atom. The Balaban J connectivity index is 0.00000192. The van der Waals surface area contributed by atoms with E-state index in [1.165, 1.54) is 11.3 Å². The lowest BCUT2D eigenvalue weighted by Gasteiger charge is -2.18. The van der Waals surface area contributed by atoms with Crippen molar-refractivity contribution in [3.8, 4) is 0 Å². The van der Waals surface area contributed by atoms with Crippen LogP contribution in [0.3, 0.4) is 0 Å². The number of nitrogens with two attached hydrogens (primary N) is 1. The molecule has 3 nitrogen and oxygen atoms in total. The summed E-state index contributed by atoms with van der Waals surface area (Å²) in [6, 6.07) is 8.17. The van der Waals surface area contributed by atoms with E-state index in [1.807, 2.05) is 29.2 Å². The summed E-state index contributed by atoms with van der Waals surface area (Å²) in [6.45, 7) is 1.82. The average Bonchev–Trinajstić information content (AvgIpc) is 3.08. The number of fused-ring (bicyclic) bond motifs is 1. The molecule has 1 aliphatic heterocycles. The van der Waals surface area contributed by atoms with Crippen LogP contribution in [0, 0.1) is 11.8 Å². The number of carbonyl (C=O) groups is 1. The fourth-order valence-corrected chi connectivity index (χ4v) is 4.59. The zero-order valence-corrected chi connectivity index (χ0v) is 15.5. The Hall–Kier alpha value is -0.420. The van der Waals surface area contributed by atoms with E-state index < -0.39 is 0 Å². The van der Waals surface area contributed by atoms with Crippen LogP contribution in [0.5, 0.6) is 0 Å². The SMILES string of the molecule is Cl.NC1CCC2CN(C(=O)CCCSc3ccc(Cl)cc3)CC12. The van der Waals surface area contributed by atoms with Crippen molar-refractivity contribution in [3.63, 3.8) is 0 Å². The summed E-state index contributed by atoms with van der Waals surface area (Å²) in [7, 11) is 0. The van der Waals surface area contributed by atoms with E-state index in [-0.39, 0.29) is 12.4 Å². The summed E-state index contributed by atoms with van der Waals surface area (Å²) >= 11 is 7.65. The van der Waals surface area contributed by atoms with Crippen LogP contribution in [0.25, 0.3) is 0 Å². The monoisotopic (exact) mass is 374 g/mol. The number of likely N-dealkylation sites (tertiary alicyclic amines) is 1. The van der Waals surface area contributed by atoms with Crippen LogP contribution in [0.2, 0.25) is 5.02 Å². The largest absolute Gasteiger partial charge is 0.342 e. The summed E-state index contributed by atoms with van der Waals surface area (Å²) in [4.78, 5) is 15.5. The van der Waals surface area contributed by atoms with E-state index in [2.05, 4.69) is 0 Å². The van der Waals surface area contributed by atoms with Gasteiger partial charge in [-0.3, -0.25) is 4.79 Å². The van der Waals surface area contributed by atoms with Crippen molar-refractivity contribution in [2.24, 2.45) is 17.6 Å². The first-order valence-corrected chi connectivity index (χ1v) is 9.41. The molecule has 1 aromatic carbocycles. The Morgan fingerprint density at radius 3 is 2.70 bits per heavy atom. The fourth-order valence-electron chi connectivity index (χ4n) is 3.61. The zero-order valence-electron chi connectivity index (χ0n) is 13.1. The maximum atomic E-state index is 12.3. The third kappa shape index (κ3) is 4.79. The highest BCUT2D eigenvalue weighted by molar-refractivity contribution is 7.99. The lowest BCUT2D eigenvalue weighted by Crippen LogP contribution is -2.33. The molecule has 2 N–H and O–H groups in total. The molecule has 1 heterocycles. The Kier molecular flexibility index (Phi) is 7.08. The molecule has 0 bridgehead atoms. The van der Waals surface area contributed by atoms with Gasteiger partial charge in [0.2, 0.25) is 5.91 Å². The number of hydrogen-bond donors (Lipinski definition) is 1. The number of thioether (sulfide) groups is 1. The van der Waals surface area contributed by atoms with E-state index in [4.69, 9.17) is 17.3 Å². The molecule has 2 fully saturated rings. The number of amides is 1. The molecule has 1 saturated heterocycles. The highest BCUT2D eigenvalue weighted by Gasteiger charge is 2.42. The van der Waals surface area contributed by atoms with Crippen LogP contribution in [0.4, 0.5) is 0 Å². The lowest BCUT2D eigenvalue weighted by atomic mass is 9.98. The van der Waals surface area contributed by atoms with Crippen molar-refractivity contribution in [3.05, 3.63) is 29.3 Å². The summed E-state index contributed by atoms with van der Waals surface area (Å²) < 4.78 is 0. The minimum Gasteiger partial charge on any atom is -0.342 e. The van der Waals surface area contributed by atoms with Crippen LogP contribution in [0.1, 0.15) is 25.7 Å². The van der Waals surface area contributed by atoms with E-state index in [1.54, 1.807) is 11.8 Å². The minimum atomic E-state index is 0. The van der Waals surface area contributed by atoms with Crippen molar-refractivity contribution >= 4 is 41.7 Å². The van der Waals surface area contributed by atoms with Crippen molar-refractivity contribution in [2.45, 2.75) is 36.6 Å². The van der Waals surface area contributed by atoms with Crippen molar-refractivity contribution in [1.29, 1.82) is 0 Å². The van der Waals surface area contributed by atoms with Crippen LogP contribution < -0.4 is 5.73 Å². The van der Waals surface area contributed by atoms with Gasteiger partial charge in [0, 0.05) is 35.5 Å². The number of rotatable bonds is 5. The van der Waals surface area contributed by atoms with E-state index in [9.17, 15) is 4.79 Å². The summed E-state index contributed by atoms with van der Waals surface area (Å²) in [5, 5.41) is 0.761. The summed E-state index contributed by atoms with van der Waals surface area (Å²) in [6.07, 6.45) is 3.90. The molecule has 6 heteroatoms. The highest BCUT2D eigenvalue weighted by Crippen LogP contribution is 2.37. The van der Waals surface area contributed by atoms with Crippen LogP contribution >= 0.6 is 35.8 Å². The van der Waals surface area contributed by atoms with Gasteiger partial charge in [0.05, 0.1) is 0 Å². The Labute approximate surface area is 153 Å². The third-order valence-electron chi connectivity index (χ3n) is 4.88. The van der Waals surface area contributed by atoms with Gasteiger partial charge in [-0.2, -0.15) is 0 Å². The second kappa shape index (κ2) is 8.61. The predicted molar refractivity (Wildman–Crippen MR) is 99.4 cm³/mol. The second-order valence-corrected chi connectivity index (χ2v) is 7.97. The standard InChI is InChI=1S/C17H23ClN2OS.ClH/c18-13-4-6-14(7-5-13)22-9-1-2-17(21)20-10-12-3-8-16(19)15(12)11-20;/h4-7,12,15-16H,1-3,8-11,19H2;1H. The zero-order chi connectivity index (χ0) is 15.5. The normalized spacial score (nSPS) is 26.0. The Bertz CT molecular complexity index is 526. The molecule has 3 rings (SSSR count). The molecule has 1 amide bonds. The molecule has 3 unspecified atom stereocenters. The van der Waals surface area contributed by atoms with Gasteiger partial charge in [0.25, 0.3) is 0 Å². The molecule has 128 valence electrons. The van der Waals surface area contributed by atoms with E-state index in [0.29, 0.717) is 30.2 Å². The second-order valence-electron chi connectivity index (χ2n) is 6.37. The molecular formula is C17H24Cl2N2OS. The minimum absolute atomic E-state index is 0. The molecule has 0 spiro atoms. The van der Waals surface area contributed by atoms with Gasteiger partial charge in [0.1, 0.15) is 0 Å². The topological polar surface area (TPSA) is 46.3 Å². The van der Waals surface area contributed by atoms with Gasteiger partial charge in [-0.05, 0) is 61.1 Å². The number of hydrogen-bond acceptors (Lipinski definition) is 3. The molecule has 2 aliphatic rings. The van der Waals surface area contributed by atoms with Crippen molar-refractivity contribution in [1.82, 2.24) is 4.90 Å². The Morgan fingerprint density at radius 2 is 2.00 bits per heavy atom. The predicted octanol–water partition coefficient (Wildman–Crippen LogP) is 3.83. The molecule has 0 radical (unpaired) electrons. The first kappa shape index (κ1) is 18.9. The first-order chi connectivity index (χ1) is 10.6. The number of nitrogens with zero attached hydrogens (tertiary/aromatic N) is 1. The molecule has 1 aliphatic carbocycles.